The molecule has 2 aromatic carbocycles. The summed E-state index contributed by atoms with van der Waals surface area (Å²) in [6.45, 7) is 0. The topological polar surface area (TPSA) is 71.6 Å². The number of nitriles is 1. The van der Waals surface area contributed by atoms with Crippen molar-refractivity contribution in [2.24, 2.45) is 0 Å². The van der Waals surface area contributed by atoms with Crippen LogP contribution in [0.1, 0.15) is 17.1 Å². The minimum absolute atomic E-state index is 0.171. The van der Waals surface area contributed by atoms with Crippen molar-refractivity contribution in [2.45, 2.75) is 12.8 Å². The number of para-hydroxylation sites is 1. The zero-order valence-corrected chi connectivity index (χ0v) is 15.9. The molecule has 0 aliphatic rings. The summed E-state index contributed by atoms with van der Waals surface area (Å²) in [6.07, 6.45) is 2.38. The van der Waals surface area contributed by atoms with Gasteiger partial charge in [0.2, 0.25) is 0 Å². The third-order valence-corrected chi connectivity index (χ3v) is 4.91. The Hall–Kier alpha value is -3.56. The molecule has 4 aromatic rings. The highest BCUT2D eigenvalue weighted by Crippen LogP contribution is 2.22. The van der Waals surface area contributed by atoms with Crippen LogP contribution in [0, 0.1) is 17.1 Å². The molecule has 0 radical (unpaired) electrons. The van der Waals surface area contributed by atoms with Crippen LogP contribution in [-0.4, -0.2) is 14.5 Å². The molecule has 7 heteroatoms. The van der Waals surface area contributed by atoms with E-state index in [1.54, 1.807) is 42.6 Å². The first-order valence-electron chi connectivity index (χ1n) is 8.88. The van der Waals surface area contributed by atoms with E-state index in [1.165, 1.54) is 22.8 Å². The van der Waals surface area contributed by atoms with Crippen LogP contribution in [-0.2, 0) is 12.8 Å². The second-order valence-electron chi connectivity index (χ2n) is 6.39. The summed E-state index contributed by atoms with van der Waals surface area (Å²) in [7, 11) is 0. The van der Waals surface area contributed by atoms with E-state index < -0.39 is 11.4 Å². The van der Waals surface area contributed by atoms with E-state index in [4.69, 9.17) is 11.6 Å². The first-order valence-corrected chi connectivity index (χ1v) is 9.26. The number of aromatic nitrogens is 3. The van der Waals surface area contributed by atoms with E-state index in [0.29, 0.717) is 46.2 Å². The number of rotatable bonds is 4. The highest BCUT2D eigenvalue weighted by atomic mass is 35.5. The SMILES string of the molecule is N#Cc1cccnc1CCc1nc2ccc(F)cc2c(=O)n1-c1ccccc1Cl. The van der Waals surface area contributed by atoms with Crippen molar-refractivity contribution in [1.82, 2.24) is 14.5 Å². The van der Waals surface area contributed by atoms with Gasteiger partial charge in [0, 0.05) is 12.6 Å². The van der Waals surface area contributed by atoms with Crippen molar-refractivity contribution in [3.05, 3.63) is 99.1 Å². The molecule has 0 aliphatic carbocycles. The number of halogens is 2. The van der Waals surface area contributed by atoms with Crippen LogP contribution in [0.3, 0.4) is 0 Å². The quantitative estimate of drug-likeness (QED) is 0.510. The fourth-order valence-electron chi connectivity index (χ4n) is 3.22. The lowest BCUT2D eigenvalue weighted by Gasteiger charge is -2.15. The standard InChI is InChI=1S/C22H14ClFN4O/c23-17-5-1-2-6-20(17)28-21(10-9-18-14(13-25)4-3-11-26-18)27-19-8-7-15(24)12-16(19)22(28)29/h1-8,11-12H,9-10H2. The smallest absolute Gasteiger partial charge is 0.266 e. The van der Waals surface area contributed by atoms with Gasteiger partial charge in [0.25, 0.3) is 5.56 Å². The molecule has 2 heterocycles. The largest absolute Gasteiger partial charge is 0.268 e. The van der Waals surface area contributed by atoms with Crippen molar-refractivity contribution in [2.75, 3.05) is 0 Å². The Bertz CT molecular complexity index is 1330. The third-order valence-electron chi connectivity index (χ3n) is 4.59. The van der Waals surface area contributed by atoms with Gasteiger partial charge >= 0.3 is 0 Å². The summed E-state index contributed by atoms with van der Waals surface area (Å²) in [5.74, 6) is -0.0567. The van der Waals surface area contributed by atoms with E-state index in [0.717, 1.165) is 0 Å². The lowest BCUT2D eigenvalue weighted by molar-refractivity contribution is 0.629. The van der Waals surface area contributed by atoms with Gasteiger partial charge in [-0.25, -0.2) is 9.37 Å². The minimum Gasteiger partial charge on any atom is -0.268 e. The highest BCUT2D eigenvalue weighted by Gasteiger charge is 2.16. The first-order chi connectivity index (χ1) is 14.1. The van der Waals surface area contributed by atoms with E-state index >= 15 is 0 Å². The Labute approximate surface area is 170 Å². The summed E-state index contributed by atoms with van der Waals surface area (Å²) in [6, 6.07) is 16.3. The van der Waals surface area contributed by atoms with Crippen molar-refractivity contribution in [1.29, 1.82) is 5.26 Å². The third kappa shape index (κ3) is 3.60. The van der Waals surface area contributed by atoms with Gasteiger partial charge in [-0.2, -0.15) is 5.26 Å². The zero-order chi connectivity index (χ0) is 20.4. The molecule has 2 aromatic heterocycles. The average molecular weight is 405 g/mol. The molecule has 0 bridgehead atoms. The van der Waals surface area contributed by atoms with Crippen molar-refractivity contribution >= 4 is 22.5 Å². The number of aryl methyl sites for hydroxylation is 2. The molecule has 142 valence electrons. The van der Waals surface area contributed by atoms with Gasteiger partial charge in [-0.1, -0.05) is 23.7 Å². The van der Waals surface area contributed by atoms with E-state index in [-0.39, 0.29) is 5.39 Å². The van der Waals surface area contributed by atoms with E-state index in [9.17, 15) is 14.4 Å². The maximum absolute atomic E-state index is 13.7. The number of hydrogen-bond donors (Lipinski definition) is 0. The Kier molecular flexibility index (Phi) is 5.07. The van der Waals surface area contributed by atoms with Crippen LogP contribution in [0.2, 0.25) is 5.02 Å². The summed E-state index contributed by atoms with van der Waals surface area (Å²) in [4.78, 5) is 22.1. The van der Waals surface area contributed by atoms with Gasteiger partial charge < -0.3 is 0 Å². The molecular formula is C22H14ClFN4O. The van der Waals surface area contributed by atoms with Gasteiger partial charge in [0.05, 0.1) is 32.9 Å². The van der Waals surface area contributed by atoms with E-state index in [2.05, 4.69) is 16.0 Å². The molecule has 0 N–H and O–H groups in total. The van der Waals surface area contributed by atoms with Gasteiger partial charge in [-0.3, -0.25) is 14.3 Å². The predicted octanol–water partition coefficient (Wildman–Crippen LogP) is 4.23. The van der Waals surface area contributed by atoms with E-state index in [1.807, 2.05) is 0 Å². The Morgan fingerprint density at radius 2 is 1.93 bits per heavy atom. The van der Waals surface area contributed by atoms with Gasteiger partial charge in [-0.15, -0.1) is 0 Å². The molecule has 4 rings (SSSR count). The minimum atomic E-state index is -0.512. The zero-order valence-electron chi connectivity index (χ0n) is 15.1. The molecule has 5 nitrogen and oxygen atoms in total. The summed E-state index contributed by atoms with van der Waals surface area (Å²) in [5, 5.41) is 9.83. The predicted molar refractivity (Wildman–Crippen MR) is 109 cm³/mol. The Morgan fingerprint density at radius 1 is 1.10 bits per heavy atom. The van der Waals surface area contributed by atoms with Crippen LogP contribution in [0.4, 0.5) is 4.39 Å². The molecule has 0 aliphatic heterocycles. The summed E-state index contributed by atoms with van der Waals surface area (Å²) in [5.41, 5.74) is 1.56. The van der Waals surface area contributed by atoms with Crippen LogP contribution in [0.5, 0.6) is 0 Å². The monoisotopic (exact) mass is 404 g/mol. The molecule has 0 saturated heterocycles. The van der Waals surface area contributed by atoms with Crippen LogP contribution >= 0.6 is 11.6 Å². The van der Waals surface area contributed by atoms with Gasteiger partial charge in [0.15, 0.2) is 0 Å². The second kappa shape index (κ2) is 7.82. The Balaban J connectivity index is 1.89. The normalized spacial score (nSPS) is 10.8. The number of nitrogens with zero attached hydrogens (tertiary/aromatic N) is 4. The van der Waals surface area contributed by atoms with Crippen molar-refractivity contribution in [3.63, 3.8) is 0 Å². The number of benzene rings is 2. The molecule has 0 spiro atoms. The fourth-order valence-corrected chi connectivity index (χ4v) is 3.44. The highest BCUT2D eigenvalue weighted by molar-refractivity contribution is 6.32. The number of pyridine rings is 1. The Morgan fingerprint density at radius 3 is 2.72 bits per heavy atom. The van der Waals surface area contributed by atoms with Gasteiger partial charge in [0.1, 0.15) is 17.7 Å². The number of hydrogen-bond acceptors (Lipinski definition) is 4. The lowest BCUT2D eigenvalue weighted by atomic mass is 10.1. The van der Waals surface area contributed by atoms with Crippen LogP contribution < -0.4 is 5.56 Å². The van der Waals surface area contributed by atoms with Gasteiger partial charge in [-0.05, 0) is 48.9 Å². The van der Waals surface area contributed by atoms with Crippen LogP contribution in [0.15, 0.2) is 65.6 Å². The second-order valence-corrected chi connectivity index (χ2v) is 6.80. The molecule has 0 fully saturated rings. The fraction of sp³-hybridized carbons (Fsp3) is 0.0909. The maximum atomic E-state index is 13.7. The number of fused-ring (bicyclic) bond motifs is 1. The molecule has 0 amide bonds. The molecule has 0 saturated carbocycles. The van der Waals surface area contributed by atoms with Crippen molar-refractivity contribution < 1.29 is 4.39 Å². The van der Waals surface area contributed by atoms with Crippen LogP contribution in [0.25, 0.3) is 16.6 Å². The summed E-state index contributed by atoms with van der Waals surface area (Å²) < 4.78 is 15.1. The molecule has 0 atom stereocenters. The molecular weight excluding hydrogens is 391 g/mol. The first kappa shape index (κ1) is 18.8. The maximum Gasteiger partial charge on any atom is 0.266 e. The molecule has 0 unspecified atom stereocenters. The lowest BCUT2D eigenvalue weighted by Crippen LogP contribution is -2.25. The summed E-state index contributed by atoms with van der Waals surface area (Å²) >= 11 is 6.33. The average Bonchev–Trinajstić information content (AvgIpc) is 2.74. The van der Waals surface area contributed by atoms with Crippen molar-refractivity contribution in [3.8, 4) is 11.8 Å². The molecule has 29 heavy (non-hydrogen) atoms.